The van der Waals surface area contributed by atoms with Crippen LogP contribution in [0.2, 0.25) is 0 Å². The van der Waals surface area contributed by atoms with Crippen molar-refractivity contribution in [2.45, 2.75) is 0 Å². The number of pyridine rings is 4. The molecule has 0 aliphatic rings. The first-order chi connectivity index (χ1) is 13.7. The van der Waals surface area contributed by atoms with Crippen molar-refractivity contribution in [1.29, 1.82) is 0 Å². The van der Waals surface area contributed by atoms with Crippen LogP contribution in [0.5, 0.6) is 0 Å². The van der Waals surface area contributed by atoms with Gasteiger partial charge < -0.3 is 0 Å². The molecule has 0 aromatic carbocycles. The Bertz CT molecular complexity index is 489. The molecule has 0 unspecified atom stereocenters. The molecule has 0 amide bonds. The monoisotopic (exact) mass is 480 g/mol. The van der Waals surface area contributed by atoms with E-state index in [0.717, 1.165) is 0 Å². The molecule has 28 heavy (non-hydrogen) atoms. The normalized spacial score (nSPS) is 8.46. The zero-order valence-corrected chi connectivity index (χ0v) is 18.1. The van der Waals surface area contributed by atoms with Gasteiger partial charge in [0.15, 0.2) is 0 Å². The average molecular weight is 482 g/mol. The first kappa shape index (κ1) is 26.0. The summed E-state index contributed by atoms with van der Waals surface area (Å²) in [5, 5.41) is 0. The van der Waals surface area contributed by atoms with Gasteiger partial charge in [-0.2, -0.15) is 0 Å². The van der Waals surface area contributed by atoms with Crippen molar-refractivity contribution < 1.29 is 10.9 Å². The summed E-state index contributed by atoms with van der Waals surface area (Å²) < 4.78 is 0. The van der Waals surface area contributed by atoms with Crippen LogP contribution >= 0.6 is 30.4 Å². The molecule has 4 rings (SSSR count). The molecule has 4 aromatic heterocycles. The Hall–Kier alpha value is -2.02. The van der Waals surface area contributed by atoms with Gasteiger partial charge in [0, 0.05) is 49.6 Å². The molecule has 4 nitrogen and oxygen atoms in total. The van der Waals surface area contributed by atoms with Crippen molar-refractivity contribution in [2.24, 2.45) is 0 Å². The molecule has 0 aliphatic carbocycles. The number of rotatable bonds is 0. The van der Waals surface area contributed by atoms with Crippen molar-refractivity contribution in [3.05, 3.63) is 122 Å². The van der Waals surface area contributed by atoms with Gasteiger partial charge in [0.05, 0.1) is 0 Å². The van der Waals surface area contributed by atoms with Crippen molar-refractivity contribution in [3.8, 4) is 0 Å². The first-order valence-electron chi connectivity index (χ1n) is 7.78. The Morgan fingerprint density at radius 2 is 0.464 bits per heavy atom. The number of hydrogen-bond donors (Lipinski definition) is 0. The van der Waals surface area contributed by atoms with Crippen LogP contribution in [-0.4, -0.2) is 19.9 Å². The van der Waals surface area contributed by atoms with Crippen molar-refractivity contribution in [2.75, 3.05) is 0 Å². The largest absolute Gasteiger partial charge is 0.265 e. The Balaban J connectivity index is 0.000000328. The van der Waals surface area contributed by atoms with Crippen LogP contribution in [0.1, 0.15) is 0 Å². The number of nitrogens with zero attached hydrogens (tertiary/aromatic N) is 4. The molecule has 0 N–H and O–H groups in total. The van der Waals surface area contributed by atoms with Crippen molar-refractivity contribution in [3.63, 3.8) is 0 Å². The van der Waals surface area contributed by atoms with Gasteiger partial charge in [-0.3, -0.25) is 19.9 Å². The van der Waals surface area contributed by atoms with Gasteiger partial charge in [0.25, 0.3) is 0 Å². The summed E-state index contributed by atoms with van der Waals surface area (Å²) in [7, 11) is 13.4. The molecule has 4 heterocycles. The molecule has 0 aliphatic heterocycles. The molecule has 0 atom stereocenters. The second kappa shape index (κ2) is 23.0. The van der Waals surface area contributed by atoms with Crippen LogP contribution in [0, 0.1) is 0 Å². The predicted molar refractivity (Wildman–Crippen MR) is 115 cm³/mol. The zero-order chi connectivity index (χ0) is 20.5. The van der Waals surface area contributed by atoms with Gasteiger partial charge in [-0.1, -0.05) is 24.3 Å². The van der Waals surface area contributed by atoms with E-state index < -0.39 is 10.9 Å². The first-order valence-corrected chi connectivity index (χ1v) is 12.1. The van der Waals surface area contributed by atoms with Crippen LogP contribution in [-0.2, 0) is 10.9 Å². The van der Waals surface area contributed by atoms with Crippen LogP contribution < -0.4 is 0 Å². The van der Waals surface area contributed by atoms with Gasteiger partial charge in [0.2, 0.25) is 0 Å². The molecule has 8 heteroatoms. The second-order valence-corrected chi connectivity index (χ2v) is 9.40. The Morgan fingerprint density at radius 1 is 0.321 bits per heavy atom. The molecule has 0 saturated heterocycles. The van der Waals surface area contributed by atoms with Crippen molar-refractivity contribution >= 4 is 30.4 Å². The third kappa shape index (κ3) is 26.2. The van der Waals surface area contributed by atoms with E-state index in [9.17, 15) is 0 Å². The zero-order valence-electron chi connectivity index (χ0n) is 14.8. The van der Waals surface area contributed by atoms with Crippen LogP contribution in [0.3, 0.4) is 0 Å². The summed E-state index contributed by atoms with van der Waals surface area (Å²) in [6, 6.07) is 22.9. The third-order valence-electron chi connectivity index (χ3n) is 2.27. The van der Waals surface area contributed by atoms with Crippen molar-refractivity contribution in [1.82, 2.24) is 19.9 Å². The minimum absolute atomic E-state index is 1.19. The quantitative estimate of drug-likeness (QED) is 0.292. The maximum Gasteiger partial charge on any atom is 0.0267 e. The van der Waals surface area contributed by atoms with E-state index in [1.807, 2.05) is 72.8 Å². The van der Waals surface area contributed by atoms with Gasteiger partial charge in [0.1, 0.15) is 0 Å². The molecule has 4 aromatic rings. The molecule has 0 radical (unpaired) electrons. The molecule has 0 saturated carbocycles. The minimum atomic E-state index is -1.19. The van der Waals surface area contributed by atoms with Crippen LogP contribution in [0.4, 0.5) is 0 Å². The van der Waals surface area contributed by atoms with Crippen LogP contribution in [0.15, 0.2) is 122 Å². The Labute approximate surface area is 183 Å². The SMILES string of the molecule is [Cl][Co]([Cl])[Cl].c1ccncc1.c1ccncc1.c1ccncc1.c1ccncc1. The molecule has 0 bridgehead atoms. The summed E-state index contributed by atoms with van der Waals surface area (Å²) in [6.45, 7) is 0. The van der Waals surface area contributed by atoms with Crippen LogP contribution in [0.25, 0.3) is 0 Å². The fourth-order valence-electron chi connectivity index (χ4n) is 1.25. The number of hydrogen-bond acceptors (Lipinski definition) is 4. The Kier molecular flexibility index (Phi) is 21.4. The second-order valence-electron chi connectivity index (χ2n) is 4.24. The maximum atomic E-state index is 4.87. The van der Waals surface area contributed by atoms with Gasteiger partial charge in [-0.05, 0) is 48.5 Å². The third-order valence-corrected chi connectivity index (χ3v) is 2.27. The smallest absolute Gasteiger partial charge is 0.0267 e. The molecule has 150 valence electrons. The van der Waals surface area contributed by atoms with E-state index >= 15 is 0 Å². The predicted octanol–water partition coefficient (Wildman–Crippen LogP) is 6.39. The van der Waals surface area contributed by atoms with Gasteiger partial charge in [-0.25, -0.2) is 0 Å². The standard InChI is InChI=1S/4C5H5N.3ClH.Co/c4*1-2-4-6-5-3-1;;;;/h4*1-5H;3*1H;/q;;;;;;;+3/p-3. The van der Waals surface area contributed by atoms with E-state index in [4.69, 9.17) is 30.4 Å². The molecular weight excluding hydrogens is 462 g/mol. The summed E-state index contributed by atoms with van der Waals surface area (Å²) >= 11 is 0. The van der Waals surface area contributed by atoms with Gasteiger partial charge in [-0.15, -0.1) is 0 Å². The van der Waals surface area contributed by atoms with E-state index in [-0.39, 0.29) is 0 Å². The summed E-state index contributed by atoms with van der Waals surface area (Å²) in [4.78, 5) is 15.1. The number of halogens is 3. The number of aromatic nitrogens is 4. The summed E-state index contributed by atoms with van der Waals surface area (Å²) in [6.07, 6.45) is 14.0. The van der Waals surface area contributed by atoms with E-state index in [0.29, 0.717) is 0 Å². The van der Waals surface area contributed by atoms with Gasteiger partial charge >= 0.3 is 41.4 Å². The van der Waals surface area contributed by atoms with E-state index in [1.54, 1.807) is 49.6 Å². The maximum absolute atomic E-state index is 4.87. The molecule has 0 spiro atoms. The average Bonchev–Trinajstić information content (AvgIpc) is 2.79. The fraction of sp³-hybridized carbons (Fsp3) is 0. The van der Waals surface area contributed by atoms with E-state index in [2.05, 4.69) is 19.9 Å². The summed E-state index contributed by atoms with van der Waals surface area (Å²) in [5.74, 6) is 0. The molecular formula is C20H20Cl3CoN4. The molecule has 0 fully saturated rings. The fourth-order valence-corrected chi connectivity index (χ4v) is 1.25. The summed E-state index contributed by atoms with van der Waals surface area (Å²) in [5.41, 5.74) is 0. The Morgan fingerprint density at radius 3 is 0.500 bits per heavy atom. The van der Waals surface area contributed by atoms with E-state index in [1.165, 1.54) is 0 Å². The topological polar surface area (TPSA) is 51.6 Å². The minimum Gasteiger partial charge on any atom is -0.265 e.